The van der Waals surface area contributed by atoms with Gasteiger partial charge in [-0.3, -0.25) is 0 Å². The fourth-order valence-electron chi connectivity index (χ4n) is 1.13. The smallest absolute Gasteiger partial charge is 0.330 e. The number of benzene rings is 1. The van der Waals surface area contributed by atoms with Crippen molar-refractivity contribution in [2.45, 2.75) is 6.92 Å². The van der Waals surface area contributed by atoms with Gasteiger partial charge in [-0.1, -0.05) is 0 Å². The molecule has 0 unspecified atom stereocenters. The van der Waals surface area contributed by atoms with Gasteiger partial charge in [0.15, 0.2) is 0 Å². The van der Waals surface area contributed by atoms with E-state index < -0.39 is 0 Å². The molecular weight excluding hydrogens is 573 g/mol. The zero-order valence-electron chi connectivity index (χ0n) is 9.58. The fraction of sp³-hybridized carbons (Fsp3) is 0.250. The summed E-state index contributed by atoms with van der Waals surface area (Å²) in [6.45, 7) is 2.51. The SMILES string of the molecule is CCOC(=O)/C=C/COc1c(I)cc(I)cc1I. The van der Waals surface area contributed by atoms with E-state index in [0.717, 1.165) is 12.9 Å². The van der Waals surface area contributed by atoms with E-state index in [1.807, 2.05) is 12.1 Å². The number of carbonyl (C=O) groups is 1. The maximum atomic E-state index is 11.1. The second-order valence-corrected chi connectivity index (χ2v) is 6.73. The molecule has 18 heavy (non-hydrogen) atoms. The highest BCUT2D eigenvalue weighted by atomic mass is 127. The van der Waals surface area contributed by atoms with Gasteiger partial charge < -0.3 is 9.47 Å². The molecule has 1 aromatic carbocycles. The van der Waals surface area contributed by atoms with Crippen molar-refractivity contribution in [2.75, 3.05) is 13.2 Å². The van der Waals surface area contributed by atoms with Crippen molar-refractivity contribution in [3.05, 3.63) is 35.0 Å². The van der Waals surface area contributed by atoms with Crippen molar-refractivity contribution >= 4 is 73.7 Å². The summed E-state index contributed by atoms with van der Waals surface area (Å²) in [5.74, 6) is 0.512. The summed E-state index contributed by atoms with van der Waals surface area (Å²) in [7, 11) is 0. The molecule has 0 amide bonds. The van der Waals surface area contributed by atoms with E-state index in [2.05, 4.69) is 67.8 Å². The largest absolute Gasteiger partial charge is 0.487 e. The van der Waals surface area contributed by atoms with Crippen LogP contribution in [-0.2, 0) is 9.53 Å². The first kappa shape index (κ1) is 16.5. The number of ether oxygens (including phenoxy) is 2. The van der Waals surface area contributed by atoms with Crippen molar-refractivity contribution in [2.24, 2.45) is 0 Å². The molecule has 1 aromatic rings. The Morgan fingerprint density at radius 3 is 2.44 bits per heavy atom. The molecule has 0 aliphatic heterocycles. The van der Waals surface area contributed by atoms with Crippen molar-refractivity contribution in [1.82, 2.24) is 0 Å². The second-order valence-electron chi connectivity index (χ2n) is 3.16. The Balaban J connectivity index is 2.57. The molecule has 0 saturated carbocycles. The van der Waals surface area contributed by atoms with Gasteiger partial charge in [0.05, 0.1) is 13.7 Å². The molecule has 0 aromatic heterocycles. The molecule has 0 aliphatic carbocycles. The number of hydrogen-bond acceptors (Lipinski definition) is 3. The van der Waals surface area contributed by atoms with Gasteiger partial charge in [-0.25, -0.2) is 4.79 Å². The van der Waals surface area contributed by atoms with Crippen LogP contribution in [0.2, 0.25) is 0 Å². The van der Waals surface area contributed by atoms with Gasteiger partial charge in [0.25, 0.3) is 0 Å². The zero-order chi connectivity index (χ0) is 13.5. The van der Waals surface area contributed by atoms with Crippen molar-refractivity contribution in [3.63, 3.8) is 0 Å². The van der Waals surface area contributed by atoms with E-state index in [9.17, 15) is 4.79 Å². The standard InChI is InChI=1S/C12H11I3O3/c1-2-17-11(16)4-3-5-18-12-9(14)6-8(13)7-10(12)15/h3-4,6-7H,2,5H2,1H3/b4-3+. The first-order valence-corrected chi connectivity index (χ1v) is 8.38. The van der Waals surface area contributed by atoms with Gasteiger partial charge in [-0.2, -0.15) is 0 Å². The highest BCUT2D eigenvalue weighted by molar-refractivity contribution is 14.1. The molecule has 1 rings (SSSR count). The highest BCUT2D eigenvalue weighted by Gasteiger charge is 2.07. The summed E-state index contributed by atoms with van der Waals surface area (Å²) in [5, 5.41) is 0. The monoisotopic (exact) mass is 584 g/mol. The quantitative estimate of drug-likeness (QED) is 0.299. The van der Waals surface area contributed by atoms with Crippen molar-refractivity contribution < 1.29 is 14.3 Å². The van der Waals surface area contributed by atoms with E-state index in [4.69, 9.17) is 9.47 Å². The molecule has 0 N–H and O–H groups in total. The number of carbonyl (C=O) groups excluding carboxylic acids is 1. The molecule has 0 fully saturated rings. The summed E-state index contributed by atoms with van der Waals surface area (Å²) in [6, 6.07) is 4.10. The first-order chi connectivity index (χ1) is 8.54. The topological polar surface area (TPSA) is 35.5 Å². The minimum Gasteiger partial charge on any atom is -0.487 e. The third-order valence-electron chi connectivity index (χ3n) is 1.83. The third kappa shape index (κ3) is 5.59. The minimum absolute atomic E-state index is 0.340. The van der Waals surface area contributed by atoms with Crippen LogP contribution in [0.15, 0.2) is 24.3 Å². The number of rotatable bonds is 5. The normalized spacial score (nSPS) is 10.7. The van der Waals surface area contributed by atoms with Gasteiger partial charge in [0, 0.05) is 9.65 Å². The number of hydrogen-bond donors (Lipinski definition) is 0. The van der Waals surface area contributed by atoms with Crippen LogP contribution in [0.4, 0.5) is 0 Å². The lowest BCUT2D eigenvalue weighted by Crippen LogP contribution is -2.02. The predicted molar refractivity (Wildman–Crippen MR) is 95.9 cm³/mol. The van der Waals surface area contributed by atoms with Crippen LogP contribution in [-0.4, -0.2) is 19.2 Å². The fourth-order valence-corrected chi connectivity index (χ4v) is 5.03. The lowest BCUT2D eigenvalue weighted by molar-refractivity contribution is -0.137. The maximum absolute atomic E-state index is 11.1. The Hall–Kier alpha value is 0.420. The molecule has 0 radical (unpaired) electrons. The average Bonchev–Trinajstić information content (AvgIpc) is 2.27. The summed E-state index contributed by atoms with van der Waals surface area (Å²) in [4.78, 5) is 11.1. The third-order valence-corrected chi connectivity index (χ3v) is 4.05. The Bertz CT molecular complexity index is 435. The van der Waals surface area contributed by atoms with E-state index in [-0.39, 0.29) is 5.97 Å². The van der Waals surface area contributed by atoms with E-state index in [0.29, 0.717) is 13.2 Å². The molecular formula is C12H11I3O3. The van der Waals surface area contributed by atoms with Gasteiger partial charge in [0.2, 0.25) is 0 Å². The van der Waals surface area contributed by atoms with Crippen LogP contribution >= 0.6 is 67.8 Å². The Kier molecular flexibility index (Phi) is 7.84. The van der Waals surface area contributed by atoms with Gasteiger partial charge in [0.1, 0.15) is 12.4 Å². The van der Waals surface area contributed by atoms with Crippen LogP contribution in [0, 0.1) is 10.7 Å². The summed E-state index contributed by atoms with van der Waals surface area (Å²) < 4.78 is 13.7. The lowest BCUT2D eigenvalue weighted by Gasteiger charge is -2.08. The van der Waals surface area contributed by atoms with Crippen LogP contribution in [0.5, 0.6) is 5.75 Å². The Labute approximate surface area is 147 Å². The molecule has 0 aliphatic rings. The predicted octanol–water partition coefficient (Wildman–Crippen LogP) is 4.00. The van der Waals surface area contributed by atoms with Gasteiger partial charge in [-0.05, 0) is 92.9 Å². The van der Waals surface area contributed by atoms with Gasteiger partial charge in [-0.15, -0.1) is 0 Å². The molecule has 6 heteroatoms. The summed E-state index contributed by atoms with van der Waals surface area (Å²) >= 11 is 6.75. The number of esters is 1. The van der Waals surface area contributed by atoms with Crippen LogP contribution < -0.4 is 4.74 Å². The number of halogens is 3. The zero-order valence-corrected chi connectivity index (χ0v) is 16.1. The average molecular weight is 584 g/mol. The van der Waals surface area contributed by atoms with Crippen LogP contribution in [0.25, 0.3) is 0 Å². The van der Waals surface area contributed by atoms with Crippen LogP contribution in [0.3, 0.4) is 0 Å². The van der Waals surface area contributed by atoms with E-state index in [1.165, 1.54) is 9.65 Å². The van der Waals surface area contributed by atoms with Crippen LogP contribution in [0.1, 0.15) is 6.92 Å². The molecule has 0 atom stereocenters. The molecule has 0 saturated heterocycles. The van der Waals surface area contributed by atoms with Gasteiger partial charge >= 0.3 is 5.97 Å². The lowest BCUT2D eigenvalue weighted by atomic mass is 10.3. The minimum atomic E-state index is -0.340. The first-order valence-electron chi connectivity index (χ1n) is 5.15. The highest BCUT2D eigenvalue weighted by Crippen LogP contribution is 2.29. The van der Waals surface area contributed by atoms with Crippen molar-refractivity contribution in [3.8, 4) is 5.75 Å². The summed E-state index contributed by atoms with van der Waals surface area (Å²) in [6.07, 6.45) is 3.04. The Morgan fingerprint density at radius 1 is 1.28 bits per heavy atom. The molecule has 0 bridgehead atoms. The Morgan fingerprint density at radius 2 is 1.89 bits per heavy atom. The molecule has 3 nitrogen and oxygen atoms in total. The molecule has 0 spiro atoms. The maximum Gasteiger partial charge on any atom is 0.330 e. The summed E-state index contributed by atoms with van der Waals surface area (Å²) in [5.41, 5.74) is 0. The van der Waals surface area contributed by atoms with Crippen molar-refractivity contribution in [1.29, 1.82) is 0 Å². The molecule has 98 valence electrons. The van der Waals surface area contributed by atoms with E-state index in [1.54, 1.807) is 13.0 Å². The van der Waals surface area contributed by atoms with E-state index >= 15 is 0 Å². The molecule has 0 heterocycles. The second kappa shape index (κ2) is 8.56.